The molecular formula is C27H31ClN2O7. The smallest absolute Gasteiger partial charge is 0.255 e. The van der Waals surface area contributed by atoms with Crippen molar-refractivity contribution in [3.05, 3.63) is 44.7 Å². The van der Waals surface area contributed by atoms with Gasteiger partial charge in [0.15, 0.2) is 11.4 Å². The highest BCUT2D eigenvalue weighted by molar-refractivity contribution is 6.32. The highest BCUT2D eigenvalue weighted by Crippen LogP contribution is 2.53. The van der Waals surface area contributed by atoms with Crippen molar-refractivity contribution in [1.29, 1.82) is 0 Å². The van der Waals surface area contributed by atoms with E-state index in [-0.39, 0.29) is 36.1 Å². The number of nitrogens with zero attached hydrogens (tertiary/aromatic N) is 1. The molecule has 1 amide bonds. The Balaban J connectivity index is 1.53. The summed E-state index contributed by atoms with van der Waals surface area (Å²) < 4.78 is 0. The predicted molar refractivity (Wildman–Crippen MR) is 135 cm³/mol. The lowest BCUT2D eigenvalue weighted by Crippen LogP contribution is -2.58. The molecule has 2 saturated carbocycles. The summed E-state index contributed by atoms with van der Waals surface area (Å²) in [6, 6.07) is 1.48. The van der Waals surface area contributed by atoms with Crippen LogP contribution in [0.5, 0.6) is 5.75 Å². The third kappa shape index (κ3) is 3.95. The van der Waals surface area contributed by atoms with Crippen LogP contribution in [0.3, 0.4) is 0 Å². The maximum Gasteiger partial charge on any atom is 0.255 e. The number of primary amides is 1. The minimum atomic E-state index is -2.57. The van der Waals surface area contributed by atoms with E-state index in [0.29, 0.717) is 28.6 Å². The van der Waals surface area contributed by atoms with Crippen LogP contribution >= 0.6 is 11.6 Å². The van der Waals surface area contributed by atoms with Crippen molar-refractivity contribution in [2.45, 2.75) is 57.1 Å². The maximum atomic E-state index is 13.5. The summed E-state index contributed by atoms with van der Waals surface area (Å²) in [5.41, 5.74) is 2.87. The SMILES string of the molecule is CN(Cc1cc(O)c2c(c1Cl)CC1C[C@H]3CC(=O)C(C(N)=O)=C(O)C3(O)C(=O)C1=C2O)CC1CCCC1. The van der Waals surface area contributed by atoms with E-state index >= 15 is 0 Å². The molecule has 198 valence electrons. The van der Waals surface area contributed by atoms with Gasteiger partial charge in [0.05, 0.1) is 5.56 Å². The van der Waals surface area contributed by atoms with Crippen molar-refractivity contribution >= 4 is 34.8 Å². The van der Waals surface area contributed by atoms with E-state index < -0.39 is 52.0 Å². The molecule has 1 aromatic carbocycles. The summed E-state index contributed by atoms with van der Waals surface area (Å²) in [7, 11) is 2.00. The molecule has 3 atom stereocenters. The molecule has 4 aliphatic rings. The number of halogens is 1. The van der Waals surface area contributed by atoms with Crippen LogP contribution in [0.4, 0.5) is 0 Å². The number of amides is 1. The van der Waals surface area contributed by atoms with E-state index in [2.05, 4.69) is 4.90 Å². The highest BCUT2D eigenvalue weighted by Gasteiger charge is 2.60. The summed E-state index contributed by atoms with van der Waals surface area (Å²) in [5, 5.41) is 44.4. The molecule has 4 aliphatic carbocycles. The highest BCUT2D eigenvalue weighted by atomic mass is 35.5. The number of fused-ring (bicyclic) bond motifs is 3. The Bertz CT molecular complexity index is 1280. The monoisotopic (exact) mass is 530 g/mol. The van der Waals surface area contributed by atoms with Gasteiger partial charge in [-0.1, -0.05) is 24.4 Å². The molecule has 0 aliphatic heterocycles. The van der Waals surface area contributed by atoms with Crippen LogP contribution in [0, 0.1) is 17.8 Å². The molecule has 6 N–H and O–H groups in total. The summed E-state index contributed by atoms with van der Waals surface area (Å²) in [6.45, 7) is 1.42. The number of aromatic hydroxyl groups is 1. The van der Waals surface area contributed by atoms with E-state index in [1.807, 2.05) is 7.05 Å². The van der Waals surface area contributed by atoms with Crippen LogP contribution in [-0.4, -0.2) is 62.0 Å². The number of benzene rings is 1. The number of hydrogen-bond acceptors (Lipinski definition) is 8. The predicted octanol–water partition coefficient (Wildman–Crippen LogP) is 2.70. The summed E-state index contributed by atoms with van der Waals surface area (Å²) in [5.74, 6) is -5.85. The number of aliphatic hydroxyl groups excluding tert-OH is 2. The minimum absolute atomic E-state index is 0.0133. The second-order valence-electron chi connectivity index (χ2n) is 11.0. The van der Waals surface area contributed by atoms with Crippen molar-refractivity contribution in [3.8, 4) is 5.75 Å². The van der Waals surface area contributed by atoms with Crippen LogP contribution in [0.25, 0.3) is 5.76 Å². The van der Waals surface area contributed by atoms with Gasteiger partial charge in [-0.15, -0.1) is 0 Å². The van der Waals surface area contributed by atoms with Gasteiger partial charge in [-0.3, -0.25) is 14.4 Å². The van der Waals surface area contributed by atoms with Crippen LogP contribution in [-0.2, 0) is 27.3 Å². The van der Waals surface area contributed by atoms with E-state index in [1.165, 1.54) is 31.7 Å². The van der Waals surface area contributed by atoms with Crippen molar-refractivity contribution < 1.29 is 34.8 Å². The number of phenols is 1. The molecule has 0 heterocycles. The lowest BCUT2D eigenvalue weighted by atomic mass is 9.59. The second kappa shape index (κ2) is 9.15. The molecule has 37 heavy (non-hydrogen) atoms. The Kier molecular flexibility index (Phi) is 6.37. The first-order valence-corrected chi connectivity index (χ1v) is 13.0. The zero-order valence-corrected chi connectivity index (χ0v) is 21.3. The molecule has 0 saturated heterocycles. The number of Topliss-reactive ketones (excluding diaryl/α,β-unsaturated/α-hetero) is 2. The zero-order chi connectivity index (χ0) is 26.8. The Hall–Kier alpha value is -2.88. The van der Waals surface area contributed by atoms with Crippen molar-refractivity contribution in [2.75, 3.05) is 13.6 Å². The van der Waals surface area contributed by atoms with E-state index in [0.717, 1.165) is 6.54 Å². The second-order valence-corrected chi connectivity index (χ2v) is 11.4. The molecule has 0 spiro atoms. The largest absolute Gasteiger partial charge is 0.508 e. The van der Waals surface area contributed by atoms with E-state index in [9.17, 15) is 34.8 Å². The van der Waals surface area contributed by atoms with Crippen LogP contribution in [0.1, 0.15) is 55.2 Å². The standard InChI is InChI=1S/C27H31ClN2O7/c1-30(10-12-4-2-3-5-12)11-14-8-17(31)20-16(22(14)28)7-13-6-15-9-18(32)21(26(29)36)25(35)27(15,37)24(34)19(13)23(20)33/h8,12-13,15,31,33,35,37H,2-7,9-11H2,1H3,(H2,29,36)/t13?,15-,27?/m0/s1. The number of rotatable bonds is 5. The van der Waals surface area contributed by atoms with Crippen molar-refractivity contribution in [3.63, 3.8) is 0 Å². The fourth-order valence-electron chi connectivity index (χ4n) is 6.83. The van der Waals surface area contributed by atoms with Crippen LogP contribution in [0.15, 0.2) is 23.0 Å². The van der Waals surface area contributed by atoms with Gasteiger partial charge in [-0.05, 0) is 61.8 Å². The fourth-order valence-corrected chi connectivity index (χ4v) is 7.11. The van der Waals surface area contributed by atoms with Crippen molar-refractivity contribution in [2.24, 2.45) is 23.5 Å². The lowest BCUT2D eigenvalue weighted by molar-refractivity contribution is -0.147. The minimum Gasteiger partial charge on any atom is -0.508 e. The molecular weight excluding hydrogens is 500 g/mol. The summed E-state index contributed by atoms with van der Waals surface area (Å²) >= 11 is 6.80. The third-order valence-electron chi connectivity index (χ3n) is 8.56. The molecule has 0 bridgehead atoms. The van der Waals surface area contributed by atoms with Gasteiger partial charge in [0.25, 0.3) is 5.91 Å². The lowest BCUT2D eigenvalue weighted by Gasteiger charge is -2.46. The quantitative estimate of drug-likeness (QED) is 0.363. The van der Waals surface area contributed by atoms with Gasteiger partial charge in [0.1, 0.15) is 22.8 Å². The third-order valence-corrected chi connectivity index (χ3v) is 9.03. The van der Waals surface area contributed by atoms with Crippen LogP contribution in [0.2, 0.25) is 5.02 Å². The zero-order valence-electron chi connectivity index (χ0n) is 20.6. The van der Waals surface area contributed by atoms with Gasteiger partial charge >= 0.3 is 0 Å². The first-order chi connectivity index (χ1) is 17.4. The Morgan fingerprint density at radius 3 is 2.51 bits per heavy atom. The average molecular weight is 531 g/mol. The molecule has 5 rings (SSSR count). The number of phenolic OH excluding ortho intramolecular Hbond substituents is 1. The van der Waals surface area contributed by atoms with Gasteiger partial charge in [0, 0.05) is 36.0 Å². The molecule has 2 unspecified atom stereocenters. The Morgan fingerprint density at radius 1 is 1.19 bits per heavy atom. The van der Waals surface area contributed by atoms with Crippen LogP contribution < -0.4 is 5.73 Å². The Morgan fingerprint density at radius 2 is 1.86 bits per heavy atom. The van der Waals surface area contributed by atoms with E-state index in [4.69, 9.17) is 17.3 Å². The maximum absolute atomic E-state index is 13.5. The number of nitrogens with two attached hydrogens (primary N) is 1. The summed E-state index contributed by atoms with van der Waals surface area (Å²) in [4.78, 5) is 39.9. The van der Waals surface area contributed by atoms with E-state index in [1.54, 1.807) is 0 Å². The number of aliphatic hydroxyl groups is 3. The first-order valence-electron chi connectivity index (χ1n) is 12.6. The normalized spacial score (nSPS) is 28.0. The van der Waals surface area contributed by atoms with Crippen molar-refractivity contribution in [1.82, 2.24) is 4.90 Å². The first kappa shape index (κ1) is 25.8. The molecule has 2 fully saturated rings. The van der Waals surface area contributed by atoms with Gasteiger partial charge in [-0.25, -0.2) is 0 Å². The fraction of sp³-hybridized carbons (Fsp3) is 0.519. The topological polar surface area (TPSA) is 161 Å². The summed E-state index contributed by atoms with van der Waals surface area (Å²) in [6.07, 6.45) is 4.80. The average Bonchev–Trinajstić information content (AvgIpc) is 3.32. The molecule has 1 aromatic rings. The number of carbonyl (C=O) groups excluding carboxylic acids is 3. The Labute approximate surface area is 219 Å². The van der Waals surface area contributed by atoms with Gasteiger partial charge < -0.3 is 31.1 Å². The molecule has 0 aromatic heterocycles. The number of ketones is 2. The molecule has 0 radical (unpaired) electrons. The molecule has 10 heteroatoms. The number of hydrogen-bond donors (Lipinski definition) is 5. The molecule has 9 nitrogen and oxygen atoms in total. The van der Waals surface area contributed by atoms with Gasteiger partial charge in [-0.2, -0.15) is 0 Å². The number of carbonyl (C=O) groups is 3. The van der Waals surface area contributed by atoms with Gasteiger partial charge in [0.2, 0.25) is 5.78 Å².